The van der Waals surface area contributed by atoms with Crippen LogP contribution in [0.2, 0.25) is 10.0 Å². The van der Waals surface area contributed by atoms with E-state index >= 15 is 0 Å². The number of ether oxygens (including phenoxy) is 2. The Balaban J connectivity index is 2.17. The summed E-state index contributed by atoms with van der Waals surface area (Å²) < 4.78 is 60.8. The first-order valence-electron chi connectivity index (χ1n) is 10.3. The van der Waals surface area contributed by atoms with Crippen molar-refractivity contribution in [2.75, 3.05) is 30.6 Å². The molecule has 33 heavy (non-hydrogen) atoms. The summed E-state index contributed by atoms with van der Waals surface area (Å²) in [7, 11) is -7.05. The van der Waals surface area contributed by atoms with Gasteiger partial charge in [0.15, 0.2) is 5.75 Å². The third kappa shape index (κ3) is 7.92. The maximum Gasteiger partial charge on any atom is 0.206 e. The summed E-state index contributed by atoms with van der Waals surface area (Å²) >= 11 is 18.3. The van der Waals surface area contributed by atoms with Crippen LogP contribution in [0.15, 0.2) is 46.2 Å². The third-order valence-corrected chi connectivity index (χ3v) is 9.50. The van der Waals surface area contributed by atoms with Gasteiger partial charge in [-0.25, -0.2) is 16.8 Å². The smallest absolute Gasteiger partial charge is 0.206 e. The van der Waals surface area contributed by atoms with Gasteiger partial charge in [0.05, 0.1) is 38.8 Å². The molecule has 0 saturated carbocycles. The zero-order chi connectivity index (χ0) is 24.8. The van der Waals surface area contributed by atoms with Gasteiger partial charge in [0.25, 0.3) is 0 Å². The quantitative estimate of drug-likeness (QED) is 0.319. The van der Waals surface area contributed by atoms with Crippen molar-refractivity contribution in [3.05, 3.63) is 46.4 Å². The number of alkyl halides is 1. The predicted octanol–water partition coefficient (Wildman–Crippen LogP) is 5.53. The van der Waals surface area contributed by atoms with Gasteiger partial charge in [0.2, 0.25) is 9.84 Å². The zero-order valence-corrected chi connectivity index (χ0v) is 22.5. The molecule has 0 heterocycles. The standard InChI is InChI=1S/C22H27Cl3O6S2/c1-4-32(26,27)14-16(3)13-31-22-20(24)9-19(10-21(22)25)33(28,29)18-7-5-17(6-8-18)30-12-15(2)11-23/h5-10,15-16H,4,11-14H2,1-3H3/t15-,16-/m0/s1. The molecule has 2 atom stereocenters. The lowest BCUT2D eigenvalue weighted by atomic mass is 10.2. The van der Waals surface area contributed by atoms with Crippen LogP contribution in [0.25, 0.3) is 0 Å². The maximum absolute atomic E-state index is 13.0. The molecule has 0 aliphatic heterocycles. The summed E-state index contributed by atoms with van der Waals surface area (Å²) in [6.07, 6.45) is 0. The van der Waals surface area contributed by atoms with Gasteiger partial charge in [-0.2, -0.15) is 0 Å². The van der Waals surface area contributed by atoms with Gasteiger partial charge in [-0.1, -0.05) is 44.0 Å². The monoisotopic (exact) mass is 556 g/mol. The fourth-order valence-electron chi connectivity index (χ4n) is 2.79. The molecule has 2 aromatic rings. The summed E-state index contributed by atoms with van der Waals surface area (Å²) in [6.45, 7) is 5.75. The topological polar surface area (TPSA) is 86.7 Å². The van der Waals surface area contributed by atoms with Crippen LogP contribution in [0.1, 0.15) is 20.8 Å². The molecule has 0 aliphatic carbocycles. The molecule has 0 aromatic heterocycles. The number of halogens is 3. The van der Waals surface area contributed by atoms with Crippen LogP contribution < -0.4 is 9.47 Å². The molecule has 6 nitrogen and oxygen atoms in total. The molecular weight excluding hydrogens is 531 g/mol. The highest BCUT2D eigenvalue weighted by molar-refractivity contribution is 7.91. The summed E-state index contributed by atoms with van der Waals surface area (Å²) in [4.78, 5) is -0.0321. The van der Waals surface area contributed by atoms with Crippen molar-refractivity contribution in [3.8, 4) is 11.5 Å². The Hall–Kier alpha value is -1.19. The molecule has 0 spiro atoms. The normalized spacial score (nSPS) is 14.0. The Morgan fingerprint density at radius 3 is 1.91 bits per heavy atom. The van der Waals surface area contributed by atoms with E-state index < -0.39 is 19.7 Å². The van der Waals surface area contributed by atoms with Gasteiger partial charge < -0.3 is 9.47 Å². The van der Waals surface area contributed by atoms with Gasteiger partial charge in [0, 0.05) is 23.5 Å². The average Bonchev–Trinajstić information content (AvgIpc) is 2.76. The van der Waals surface area contributed by atoms with E-state index in [9.17, 15) is 16.8 Å². The molecule has 2 rings (SSSR count). The number of sulfone groups is 2. The van der Waals surface area contributed by atoms with Crippen molar-refractivity contribution in [1.82, 2.24) is 0 Å². The zero-order valence-electron chi connectivity index (χ0n) is 18.6. The second kappa shape index (κ2) is 12.0. The molecule has 0 fully saturated rings. The van der Waals surface area contributed by atoms with Crippen molar-refractivity contribution in [3.63, 3.8) is 0 Å². The fourth-order valence-corrected chi connectivity index (χ4v) is 6.11. The van der Waals surface area contributed by atoms with Crippen LogP contribution in [0.3, 0.4) is 0 Å². The first kappa shape index (κ1) is 28.1. The van der Waals surface area contributed by atoms with E-state index in [1.165, 1.54) is 24.3 Å². The van der Waals surface area contributed by atoms with Crippen molar-refractivity contribution >= 4 is 54.5 Å². The lowest BCUT2D eigenvalue weighted by molar-refractivity contribution is 0.272. The van der Waals surface area contributed by atoms with Crippen LogP contribution in [-0.2, 0) is 19.7 Å². The molecule has 0 unspecified atom stereocenters. The highest BCUT2D eigenvalue weighted by Crippen LogP contribution is 2.37. The SMILES string of the molecule is CCS(=O)(=O)C[C@@H](C)COc1c(Cl)cc(S(=O)(=O)c2ccc(OC[C@@H](C)CCl)cc2)cc1Cl. The van der Waals surface area contributed by atoms with E-state index in [4.69, 9.17) is 44.3 Å². The fraction of sp³-hybridized carbons (Fsp3) is 0.455. The highest BCUT2D eigenvalue weighted by atomic mass is 35.5. The van der Waals surface area contributed by atoms with E-state index in [0.29, 0.717) is 18.2 Å². The lowest BCUT2D eigenvalue weighted by Gasteiger charge is -2.16. The molecule has 0 bridgehead atoms. The van der Waals surface area contributed by atoms with Gasteiger partial charge in [-0.3, -0.25) is 0 Å². The van der Waals surface area contributed by atoms with Gasteiger partial charge >= 0.3 is 0 Å². The third-order valence-electron chi connectivity index (χ3n) is 4.70. The Morgan fingerprint density at radius 1 is 0.848 bits per heavy atom. The Kier molecular flexibility index (Phi) is 10.2. The maximum atomic E-state index is 13.0. The van der Waals surface area contributed by atoms with E-state index in [1.807, 2.05) is 6.92 Å². The minimum Gasteiger partial charge on any atom is -0.493 e. The molecule has 11 heteroatoms. The number of rotatable bonds is 12. The number of benzene rings is 2. The molecule has 184 valence electrons. The number of hydrogen-bond donors (Lipinski definition) is 0. The second-order valence-electron chi connectivity index (χ2n) is 7.88. The summed E-state index contributed by atoms with van der Waals surface area (Å²) in [5.41, 5.74) is 0. The van der Waals surface area contributed by atoms with Gasteiger partial charge in [0.1, 0.15) is 15.6 Å². The Labute approximate surface area is 211 Å². The van der Waals surface area contributed by atoms with Crippen molar-refractivity contribution in [1.29, 1.82) is 0 Å². The second-order valence-corrected chi connectivity index (χ2v) is 13.3. The molecule has 0 aliphatic rings. The van der Waals surface area contributed by atoms with Crippen LogP contribution in [0, 0.1) is 11.8 Å². The minimum atomic E-state index is -3.89. The van der Waals surface area contributed by atoms with E-state index in [-0.39, 0.29) is 55.5 Å². The average molecular weight is 558 g/mol. The molecule has 0 radical (unpaired) electrons. The molecule has 0 N–H and O–H groups in total. The van der Waals surface area contributed by atoms with E-state index in [1.54, 1.807) is 26.0 Å². The summed E-state index contributed by atoms with van der Waals surface area (Å²) in [5, 5.41) is 0.0308. The molecule has 0 amide bonds. The molecule has 2 aromatic carbocycles. The van der Waals surface area contributed by atoms with Gasteiger partial charge in [-0.05, 0) is 36.4 Å². The van der Waals surface area contributed by atoms with Crippen molar-refractivity contribution in [2.24, 2.45) is 11.8 Å². The van der Waals surface area contributed by atoms with E-state index in [2.05, 4.69) is 0 Å². The Morgan fingerprint density at radius 2 is 1.39 bits per heavy atom. The van der Waals surface area contributed by atoms with Gasteiger partial charge in [-0.15, -0.1) is 11.6 Å². The van der Waals surface area contributed by atoms with Crippen LogP contribution >= 0.6 is 34.8 Å². The molecule has 0 saturated heterocycles. The highest BCUT2D eigenvalue weighted by Gasteiger charge is 2.22. The van der Waals surface area contributed by atoms with Crippen molar-refractivity contribution in [2.45, 2.75) is 30.6 Å². The van der Waals surface area contributed by atoms with E-state index in [0.717, 1.165) is 0 Å². The number of hydrogen-bond acceptors (Lipinski definition) is 6. The van der Waals surface area contributed by atoms with Crippen LogP contribution in [-0.4, -0.2) is 47.4 Å². The molecular formula is C22H27Cl3O6S2. The summed E-state index contributed by atoms with van der Waals surface area (Å²) in [5.74, 6) is 0.989. The predicted molar refractivity (Wildman–Crippen MR) is 133 cm³/mol. The summed E-state index contributed by atoms with van der Waals surface area (Å²) in [6, 6.07) is 8.55. The largest absolute Gasteiger partial charge is 0.493 e. The Bertz CT molecular complexity index is 1130. The first-order valence-corrected chi connectivity index (χ1v) is 14.8. The minimum absolute atomic E-state index is 0.0154. The van der Waals surface area contributed by atoms with Crippen LogP contribution in [0.5, 0.6) is 11.5 Å². The first-order chi connectivity index (χ1) is 15.4. The van der Waals surface area contributed by atoms with Crippen LogP contribution in [0.4, 0.5) is 0 Å². The van der Waals surface area contributed by atoms with Crippen molar-refractivity contribution < 1.29 is 26.3 Å². The lowest BCUT2D eigenvalue weighted by Crippen LogP contribution is -2.21.